The summed E-state index contributed by atoms with van der Waals surface area (Å²) in [5.41, 5.74) is 0. The molecule has 0 saturated carbocycles. The average Bonchev–Trinajstić information content (AvgIpc) is 1.31. The first-order valence-electron chi connectivity index (χ1n) is 2.25. The summed E-state index contributed by atoms with van der Waals surface area (Å²) < 4.78 is 4.90. The molecule has 1 unspecified atom stereocenters. The summed E-state index contributed by atoms with van der Waals surface area (Å²) in [5.74, 6) is 0. The largest absolute Gasteiger partial charge is 0.494 e. The highest BCUT2D eigenvalue weighted by atomic mass is 16.5. The molecule has 0 saturated heterocycles. The lowest BCUT2D eigenvalue weighted by Gasteiger charge is -2.16. The summed E-state index contributed by atoms with van der Waals surface area (Å²) in [6, 6.07) is 0. The monoisotopic (exact) mass is 84.1 g/mol. The first-order valence-corrected chi connectivity index (χ1v) is 2.25. The van der Waals surface area contributed by atoms with Crippen LogP contribution in [0.1, 0.15) is 13.3 Å². The molecule has 0 amide bonds. The summed E-state index contributed by atoms with van der Waals surface area (Å²) >= 11 is 0. The lowest BCUT2D eigenvalue weighted by atomic mass is 10.2. The molecule has 1 heteroatoms. The van der Waals surface area contributed by atoms with Crippen LogP contribution < -0.4 is 0 Å². The van der Waals surface area contributed by atoms with Crippen LogP contribution >= 0.6 is 0 Å². The lowest BCUT2D eigenvalue weighted by Crippen LogP contribution is -2.11. The summed E-state index contributed by atoms with van der Waals surface area (Å²) in [5, 5.41) is 0. The number of hydrogen-bond acceptors (Lipinski definition) is 1. The molecular formula is C5H8O. The first kappa shape index (κ1) is 3.72. The molecule has 0 fully saturated rings. The van der Waals surface area contributed by atoms with E-state index in [2.05, 4.69) is 13.0 Å². The molecule has 0 aromatic rings. The van der Waals surface area contributed by atoms with Crippen molar-refractivity contribution >= 4 is 0 Å². The van der Waals surface area contributed by atoms with Crippen molar-refractivity contribution in [1.29, 1.82) is 0 Å². The standard InChI is InChI=1S/C5H8O/c1-2-5-3-4-6-5/h3-5H,2H2,1H3. The highest BCUT2D eigenvalue weighted by molar-refractivity contribution is 4.93. The topological polar surface area (TPSA) is 9.23 Å². The number of hydrogen-bond donors (Lipinski definition) is 0. The summed E-state index contributed by atoms with van der Waals surface area (Å²) in [4.78, 5) is 0. The molecule has 1 aliphatic rings. The molecule has 0 spiro atoms. The maximum atomic E-state index is 4.90. The van der Waals surface area contributed by atoms with Crippen molar-refractivity contribution in [3.8, 4) is 0 Å². The molecular weight excluding hydrogens is 76.1 g/mol. The summed E-state index contributed by atoms with van der Waals surface area (Å²) in [7, 11) is 0. The smallest absolute Gasteiger partial charge is 0.119 e. The minimum atomic E-state index is 0.435. The molecule has 0 aromatic heterocycles. The van der Waals surface area contributed by atoms with Gasteiger partial charge in [0.2, 0.25) is 0 Å². The lowest BCUT2D eigenvalue weighted by molar-refractivity contribution is 0.136. The Labute approximate surface area is 37.6 Å². The predicted octanol–water partition coefficient (Wildman–Crippen LogP) is 1.31. The van der Waals surface area contributed by atoms with E-state index in [0.29, 0.717) is 6.10 Å². The van der Waals surface area contributed by atoms with E-state index >= 15 is 0 Å². The van der Waals surface area contributed by atoms with Gasteiger partial charge in [0, 0.05) is 0 Å². The zero-order valence-electron chi connectivity index (χ0n) is 3.85. The molecule has 1 heterocycles. The van der Waals surface area contributed by atoms with Crippen molar-refractivity contribution < 1.29 is 4.74 Å². The third kappa shape index (κ3) is 0.402. The molecule has 0 radical (unpaired) electrons. The van der Waals surface area contributed by atoms with Gasteiger partial charge in [-0.1, -0.05) is 6.92 Å². The quantitative estimate of drug-likeness (QED) is 0.465. The Hall–Kier alpha value is -0.460. The highest BCUT2D eigenvalue weighted by Crippen LogP contribution is 2.08. The minimum Gasteiger partial charge on any atom is -0.494 e. The Morgan fingerprint density at radius 1 is 1.83 bits per heavy atom. The fourth-order valence-electron chi connectivity index (χ4n) is 0.422. The second-order valence-electron chi connectivity index (χ2n) is 1.41. The fraction of sp³-hybridized carbons (Fsp3) is 0.600. The molecule has 1 atom stereocenters. The summed E-state index contributed by atoms with van der Waals surface area (Å²) in [6.45, 7) is 2.11. The zero-order valence-corrected chi connectivity index (χ0v) is 3.85. The number of ether oxygens (including phenoxy) is 1. The van der Waals surface area contributed by atoms with Crippen LogP contribution in [0.25, 0.3) is 0 Å². The van der Waals surface area contributed by atoms with Crippen molar-refractivity contribution in [2.75, 3.05) is 0 Å². The Kier molecular flexibility index (Phi) is 0.825. The maximum absolute atomic E-state index is 4.90. The highest BCUT2D eigenvalue weighted by Gasteiger charge is 2.05. The van der Waals surface area contributed by atoms with Gasteiger partial charge in [-0.2, -0.15) is 0 Å². The van der Waals surface area contributed by atoms with E-state index in [1.54, 1.807) is 6.26 Å². The number of rotatable bonds is 1. The molecule has 34 valence electrons. The van der Waals surface area contributed by atoms with Crippen LogP contribution in [-0.4, -0.2) is 6.10 Å². The van der Waals surface area contributed by atoms with Crippen molar-refractivity contribution in [1.82, 2.24) is 0 Å². The Morgan fingerprint density at radius 2 is 2.50 bits per heavy atom. The van der Waals surface area contributed by atoms with E-state index in [9.17, 15) is 0 Å². The molecule has 1 aliphatic heterocycles. The molecule has 6 heavy (non-hydrogen) atoms. The van der Waals surface area contributed by atoms with Gasteiger partial charge in [0.05, 0.1) is 6.26 Å². The molecule has 0 aromatic carbocycles. The molecule has 1 rings (SSSR count). The van der Waals surface area contributed by atoms with E-state index < -0.39 is 0 Å². The second-order valence-corrected chi connectivity index (χ2v) is 1.41. The van der Waals surface area contributed by atoms with Gasteiger partial charge in [0.15, 0.2) is 0 Å². The molecule has 0 aliphatic carbocycles. The van der Waals surface area contributed by atoms with Gasteiger partial charge in [0.25, 0.3) is 0 Å². The molecule has 1 nitrogen and oxygen atoms in total. The van der Waals surface area contributed by atoms with Crippen LogP contribution in [0.15, 0.2) is 12.3 Å². The third-order valence-corrected chi connectivity index (χ3v) is 0.949. The van der Waals surface area contributed by atoms with Crippen LogP contribution in [0, 0.1) is 0 Å². The van der Waals surface area contributed by atoms with Gasteiger partial charge in [-0.3, -0.25) is 0 Å². The van der Waals surface area contributed by atoms with Gasteiger partial charge in [-0.05, 0) is 12.5 Å². The van der Waals surface area contributed by atoms with Crippen molar-refractivity contribution in [3.05, 3.63) is 12.3 Å². The normalized spacial score (nSPS) is 28.5. The van der Waals surface area contributed by atoms with Crippen LogP contribution in [0.4, 0.5) is 0 Å². The van der Waals surface area contributed by atoms with Gasteiger partial charge >= 0.3 is 0 Å². The Bertz CT molecular complexity index is 66.3. The molecule has 0 bridgehead atoms. The third-order valence-electron chi connectivity index (χ3n) is 0.949. The zero-order chi connectivity index (χ0) is 4.41. The van der Waals surface area contributed by atoms with Crippen LogP contribution in [0.3, 0.4) is 0 Å². The van der Waals surface area contributed by atoms with E-state index in [1.165, 1.54) is 0 Å². The van der Waals surface area contributed by atoms with E-state index in [1.807, 2.05) is 0 Å². The van der Waals surface area contributed by atoms with Gasteiger partial charge in [-0.15, -0.1) is 0 Å². The first-order chi connectivity index (χ1) is 2.93. The maximum Gasteiger partial charge on any atom is 0.119 e. The second kappa shape index (κ2) is 1.33. The average molecular weight is 84.1 g/mol. The van der Waals surface area contributed by atoms with Gasteiger partial charge in [-0.25, -0.2) is 0 Å². The van der Waals surface area contributed by atoms with Crippen LogP contribution in [0.5, 0.6) is 0 Å². The SMILES string of the molecule is CCC1C=CO1. The minimum absolute atomic E-state index is 0.435. The van der Waals surface area contributed by atoms with Gasteiger partial charge < -0.3 is 4.74 Å². The van der Waals surface area contributed by atoms with Crippen molar-refractivity contribution in [3.63, 3.8) is 0 Å². The van der Waals surface area contributed by atoms with Gasteiger partial charge in [0.1, 0.15) is 6.10 Å². The van der Waals surface area contributed by atoms with E-state index in [4.69, 9.17) is 4.74 Å². The van der Waals surface area contributed by atoms with Crippen molar-refractivity contribution in [2.45, 2.75) is 19.4 Å². The fourth-order valence-corrected chi connectivity index (χ4v) is 0.422. The Balaban J connectivity index is 2.21. The van der Waals surface area contributed by atoms with Crippen molar-refractivity contribution in [2.24, 2.45) is 0 Å². The summed E-state index contributed by atoms with van der Waals surface area (Å²) in [6.07, 6.45) is 5.33. The Morgan fingerprint density at radius 3 is 2.50 bits per heavy atom. The predicted molar refractivity (Wildman–Crippen MR) is 24.3 cm³/mol. The van der Waals surface area contributed by atoms with Crippen LogP contribution in [0.2, 0.25) is 0 Å². The van der Waals surface area contributed by atoms with E-state index in [0.717, 1.165) is 6.42 Å². The van der Waals surface area contributed by atoms with Crippen LogP contribution in [-0.2, 0) is 4.74 Å². The molecule has 0 N–H and O–H groups in total. The van der Waals surface area contributed by atoms with E-state index in [-0.39, 0.29) is 0 Å².